The quantitative estimate of drug-likeness (QED) is 0.762. The molecule has 1 aliphatic heterocycles. The summed E-state index contributed by atoms with van der Waals surface area (Å²) in [5.41, 5.74) is 2.73. The molecule has 0 radical (unpaired) electrons. The van der Waals surface area contributed by atoms with Crippen molar-refractivity contribution in [2.45, 2.75) is 6.42 Å². The van der Waals surface area contributed by atoms with Crippen LogP contribution in [0.3, 0.4) is 0 Å². The smallest absolute Gasteiger partial charge is 0.144 e. The number of nitrogens with one attached hydrogen (secondary N) is 2. The van der Waals surface area contributed by atoms with E-state index >= 15 is 0 Å². The predicted molar refractivity (Wildman–Crippen MR) is 73.7 cm³/mol. The average molecular weight is 285 g/mol. The third-order valence-corrected chi connectivity index (χ3v) is 3.84. The van der Waals surface area contributed by atoms with Gasteiger partial charge in [0.2, 0.25) is 0 Å². The predicted octanol–water partition coefficient (Wildman–Crippen LogP) is 3.99. The van der Waals surface area contributed by atoms with Gasteiger partial charge in [-0.3, -0.25) is 0 Å². The first-order chi connectivity index (χ1) is 8.68. The van der Waals surface area contributed by atoms with Crippen LogP contribution in [0.15, 0.2) is 18.3 Å². The Morgan fingerprint density at radius 1 is 1.28 bits per heavy atom. The van der Waals surface area contributed by atoms with Gasteiger partial charge in [-0.2, -0.15) is 0 Å². The molecule has 2 heterocycles. The molecule has 5 heteroatoms. The summed E-state index contributed by atoms with van der Waals surface area (Å²) in [6.45, 7) is 1.73. The summed E-state index contributed by atoms with van der Waals surface area (Å²) in [6, 6.07) is 1.24. The summed E-state index contributed by atoms with van der Waals surface area (Å²) >= 11 is 12.1. The van der Waals surface area contributed by atoms with Crippen molar-refractivity contribution in [1.29, 1.82) is 0 Å². The molecule has 0 atom stereocenters. The molecule has 0 spiro atoms. The number of hydrogen-bond donors (Lipinski definition) is 2. The van der Waals surface area contributed by atoms with Crippen LogP contribution in [-0.2, 0) is 0 Å². The Labute approximate surface area is 114 Å². The number of benzene rings is 1. The molecular weight excluding hydrogens is 274 g/mol. The highest BCUT2D eigenvalue weighted by atomic mass is 35.5. The first-order valence-corrected chi connectivity index (χ1v) is 6.49. The second-order valence-electron chi connectivity index (χ2n) is 4.30. The third-order valence-electron chi connectivity index (χ3n) is 3.17. The van der Waals surface area contributed by atoms with E-state index in [-0.39, 0.29) is 5.02 Å². The highest BCUT2D eigenvalue weighted by molar-refractivity contribution is 6.40. The molecule has 0 bridgehead atoms. The fourth-order valence-corrected chi connectivity index (χ4v) is 2.80. The van der Waals surface area contributed by atoms with Crippen LogP contribution in [-0.4, -0.2) is 18.1 Å². The highest BCUT2D eigenvalue weighted by Crippen LogP contribution is 2.37. The summed E-state index contributed by atoms with van der Waals surface area (Å²) in [6.07, 6.45) is 4.94. The molecule has 3 rings (SSSR count). The largest absolute Gasteiger partial charge is 0.359 e. The van der Waals surface area contributed by atoms with E-state index < -0.39 is 5.82 Å². The van der Waals surface area contributed by atoms with Crippen molar-refractivity contribution < 1.29 is 4.39 Å². The molecule has 94 valence electrons. The van der Waals surface area contributed by atoms with Crippen molar-refractivity contribution >= 4 is 39.7 Å². The highest BCUT2D eigenvalue weighted by Gasteiger charge is 2.17. The average Bonchev–Trinajstić information content (AvgIpc) is 2.82. The van der Waals surface area contributed by atoms with Gasteiger partial charge < -0.3 is 10.3 Å². The molecule has 0 unspecified atom stereocenters. The van der Waals surface area contributed by atoms with Crippen LogP contribution in [0.4, 0.5) is 4.39 Å². The normalized spacial score (nSPS) is 16.1. The first-order valence-electron chi connectivity index (χ1n) is 5.73. The maximum absolute atomic E-state index is 13.7. The van der Waals surface area contributed by atoms with Crippen LogP contribution in [0.1, 0.15) is 12.0 Å². The van der Waals surface area contributed by atoms with Crippen LogP contribution in [0, 0.1) is 5.82 Å². The lowest BCUT2D eigenvalue weighted by Crippen LogP contribution is -2.21. The van der Waals surface area contributed by atoms with Crippen molar-refractivity contribution in [1.82, 2.24) is 10.3 Å². The Kier molecular flexibility index (Phi) is 3.06. The van der Waals surface area contributed by atoms with Gasteiger partial charge >= 0.3 is 0 Å². The molecular formula is C13H11Cl2FN2. The van der Waals surface area contributed by atoms with Crippen molar-refractivity contribution in [3.8, 4) is 0 Å². The van der Waals surface area contributed by atoms with E-state index in [9.17, 15) is 4.39 Å². The topological polar surface area (TPSA) is 27.8 Å². The Bertz CT molecular complexity index is 646. The standard InChI is InChI=1S/C13H11Cl2FN2/c14-9-4-10(16)12(15)11-8(6-18-13(9)11)7-2-1-3-17-5-7/h2,4,6,17-18H,1,3,5H2. The fraction of sp³-hybridized carbons (Fsp3) is 0.231. The SMILES string of the molecule is Fc1cc(Cl)c2[nH]cc(C3=CCCNC3)c2c1Cl. The van der Waals surface area contributed by atoms with Crippen LogP contribution in [0.25, 0.3) is 16.5 Å². The van der Waals surface area contributed by atoms with E-state index in [4.69, 9.17) is 23.2 Å². The van der Waals surface area contributed by atoms with Gasteiger partial charge in [0, 0.05) is 23.7 Å². The Hall–Kier alpha value is -1.03. The van der Waals surface area contributed by atoms with E-state index in [1.54, 1.807) is 0 Å². The van der Waals surface area contributed by atoms with E-state index in [2.05, 4.69) is 16.4 Å². The molecule has 0 aliphatic carbocycles. The minimum Gasteiger partial charge on any atom is -0.359 e. The number of fused-ring (bicyclic) bond motifs is 1. The maximum Gasteiger partial charge on any atom is 0.144 e. The van der Waals surface area contributed by atoms with Crippen LogP contribution in [0.5, 0.6) is 0 Å². The zero-order valence-corrected chi connectivity index (χ0v) is 11.0. The molecule has 2 nitrogen and oxygen atoms in total. The van der Waals surface area contributed by atoms with Crippen molar-refractivity contribution in [3.63, 3.8) is 0 Å². The van der Waals surface area contributed by atoms with Crippen LogP contribution < -0.4 is 5.32 Å². The zero-order valence-electron chi connectivity index (χ0n) is 9.49. The molecule has 2 N–H and O–H groups in total. The Morgan fingerprint density at radius 3 is 2.83 bits per heavy atom. The third kappa shape index (κ3) is 1.83. The molecule has 1 aliphatic rings. The van der Waals surface area contributed by atoms with Crippen molar-refractivity contribution in [3.05, 3.63) is 39.8 Å². The molecule has 0 fully saturated rings. The minimum atomic E-state index is -0.487. The van der Waals surface area contributed by atoms with Crippen LogP contribution >= 0.6 is 23.2 Å². The van der Waals surface area contributed by atoms with E-state index in [1.807, 2.05) is 6.20 Å². The first kappa shape index (κ1) is 12.0. The van der Waals surface area contributed by atoms with E-state index in [0.29, 0.717) is 15.9 Å². The summed E-state index contributed by atoms with van der Waals surface area (Å²) in [4.78, 5) is 3.07. The van der Waals surface area contributed by atoms with Gasteiger partial charge in [-0.1, -0.05) is 29.3 Å². The van der Waals surface area contributed by atoms with Gasteiger partial charge in [-0.15, -0.1) is 0 Å². The number of aromatic nitrogens is 1. The van der Waals surface area contributed by atoms with Gasteiger partial charge in [0.15, 0.2) is 0 Å². The lowest BCUT2D eigenvalue weighted by Gasteiger charge is -2.14. The molecule has 18 heavy (non-hydrogen) atoms. The molecule has 0 saturated heterocycles. The minimum absolute atomic E-state index is 0.122. The molecule has 0 saturated carbocycles. The van der Waals surface area contributed by atoms with E-state index in [0.717, 1.165) is 30.6 Å². The fourth-order valence-electron chi connectivity index (χ4n) is 2.31. The summed E-state index contributed by atoms with van der Waals surface area (Å²) in [5.74, 6) is -0.487. The maximum atomic E-state index is 13.7. The van der Waals surface area contributed by atoms with Gasteiger partial charge in [-0.05, 0) is 24.6 Å². The zero-order chi connectivity index (χ0) is 12.7. The molecule has 2 aromatic rings. The number of rotatable bonds is 1. The summed E-state index contributed by atoms with van der Waals surface area (Å²) in [5, 5.41) is 4.42. The van der Waals surface area contributed by atoms with Crippen molar-refractivity contribution in [2.75, 3.05) is 13.1 Å². The number of aromatic amines is 1. The number of H-pyrrole nitrogens is 1. The van der Waals surface area contributed by atoms with Crippen LogP contribution in [0.2, 0.25) is 10.0 Å². The Morgan fingerprint density at radius 2 is 2.11 bits per heavy atom. The summed E-state index contributed by atoms with van der Waals surface area (Å²) < 4.78 is 13.7. The lowest BCUT2D eigenvalue weighted by atomic mass is 10.0. The Balaban J connectivity index is 2.28. The van der Waals surface area contributed by atoms with Gasteiger partial charge in [0.25, 0.3) is 0 Å². The van der Waals surface area contributed by atoms with Gasteiger partial charge in [0.1, 0.15) is 5.82 Å². The molecule has 0 amide bonds. The second kappa shape index (κ2) is 4.57. The number of hydrogen-bond acceptors (Lipinski definition) is 1. The summed E-state index contributed by atoms with van der Waals surface area (Å²) in [7, 11) is 0. The number of halogens is 3. The molecule has 1 aromatic carbocycles. The second-order valence-corrected chi connectivity index (χ2v) is 5.09. The van der Waals surface area contributed by atoms with Gasteiger partial charge in [-0.25, -0.2) is 4.39 Å². The van der Waals surface area contributed by atoms with E-state index in [1.165, 1.54) is 6.07 Å². The molecule has 1 aromatic heterocycles. The van der Waals surface area contributed by atoms with Gasteiger partial charge in [0.05, 0.1) is 15.6 Å². The van der Waals surface area contributed by atoms with Crippen molar-refractivity contribution in [2.24, 2.45) is 0 Å². The lowest BCUT2D eigenvalue weighted by molar-refractivity contribution is 0.630. The monoisotopic (exact) mass is 284 g/mol.